The zero-order valence-electron chi connectivity index (χ0n) is 8.99. The van der Waals surface area contributed by atoms with Gasteiger partial charge in [0, 0.05) is 24.8 Å². The van der Waals surface area contributed by atoms with Crippen LogP contribution in [0.15, 0.2) is 0 Å². The third kappa shape index (κ3) is 4.44. The lowest BCUT2D eigenvalue weighted by Gasteiger charge is -2.09. The Labute approximate surface area is 90.2 Å². The number of hydrogen-bond donors (Lipinski definition) is 0. The number of ether oxygens (including phenoxy) is 1. The second-order valence-corrected chi connectivity index (χ2v) is 4.99. The van der Waals surface area contributed by atoms with Crippen molar-refractivity contribution in [1.29, 1.82) is 0 Å². The quantitative estimate of drug-likeness (QED) is 0.618. The van der Waals surface area contributed by atoms with Gasteiger partial charge in [-0.15, -0.1) is 0 Å². The van der Waals surface area contributed by atoms with Crippen molar-refractivity contribution >= 4 is 17.5 Å². The van der Waals surface area contributed by atoms with Crippen LogP contribution in [0, 0.1) is 5.92 Å². The second-order valence-electron chi connectivity index (χ2n) is 3.88. The molecule has 0 aromatic heterocycles. The Hall–Kier alpha value is -0.0600. The monoisotopic (exact) mass is 217 g/mol. The SMILES string of the molecule is CN(C)CCSCC(=O)C1CCOC1. The smallest absolute Gasteiger partial charge is 0.148 e. The van der Waals surface area contributed by atoms with Crippen LogP contribution in [0.5, 0.6) is 0 Å². The van der Waals surface area contributed by atoms with E-state index < -0.39 is 0 Å². The summed E-state index contributed by atoms with van der Waals surface area (Å²) in [6, 6.07) is 0. The molecule has 14 heavy (non-hydrogen) atoms. The summed E-state index contributed by atoms with van der Waals surface area (Å²) < 4.78 is 5.18. The van der Waals surface area contributed by atoms with E-state index >= 15 is 0 Å². The van der Waals surface area contributed by atoms with E-state index in [1.54, 1.807) is 11.8 Å². The van der Waals surface area contributed by atoms with Crippen molar-refractivity contribution in [3.8, 4) is 0 Å². The van der Waals surface area contributed by atoms with Crippen LogP contribution in [0.2, 0.25) is 0 Å². The van der Waals surface area contributed by atoms with Crippen LogP contribution in [-0.2, 0) is 9.53 Å². The van der Waals surface area contributed by atoms with Gasteiger partial charge in [-0.3, -0.25) is 4.79 Å². The van der Waals surface area contributed by atoms with Gasteiger partial charge in [-0.05, 0) is 20.5 Å². The molecule has 1 unspecified atom stereocenters. The summed E-state index contributed by atoms with van der Waals surface area (Å²) in [5.41, 5.74) is 0. The Morgan fingerprint density at radius 2 is 2.36 bits per heavy atom. The van der Waals surface area contributed by atoms with Crippen molar-refractivity contribution in [3.63, 3.8) is 0 Å². The lowest BCUT2D eigenvalue weighted by molar-refractivity contribution is -0.120. The van der Waals surface area contributed by atoms with Crippen molar-refractivity contribution in [3.05, 3.63) is 0 Å². The van der Waals surface area contributed by atoms with Crippen molar-refractivity contribution in [2.75, 3.05) is 45.4 Å². The molecule has 0 amide bonds. The first-order chi connectivity index (χ1) is 6.70. The Morgan fingerprint density at radius 1 is 1.57 bits per heavy atom. The molecule has 0 aromatic rings. The fraction of sp³-hybridized carbons (Fsp3) is 0.900. The van der Waals surface area contributed by atoms with Gasteiger partial charge in [-0.25, -0.2) is 0 Å². The van der Waals surface area contributed by atoms with Gasteiger partial charge in [-0.1, -0.05) is 0 Å². The number of carbonyl (C=O) groups excluding carboxylic acids is 1. The molecule has 1 fully saturated rings. The number of ketones is 1. The molecular formula is C10H19NO2S. The summed E-state index contributed by atoms with van der Waals surface area (Å²) >= 11 is 1.73. The molecule has 0 aromatic carbocycles. The van der Waals surface area contributed by atoms with Crippen LogP contribution in [-0.4, -0.2) is 56.0 Å². The number of thioether (sulfide) groups is 1. The maximum atomic E-state index is 11.6. The molecule has 1 saturated heterocycles. The number of nitrogens with zero attached hydrogens (tertiary/aromatic N) is 1. The average molecular weight is 217 g/mol. The molecule has 4 heteroatoms. The van der Waals surface area contributed by atoms with E-state index in [0.29, 0.717) is 18.1 Å². The fourth-order valence-electron chi connectivity index (χ4n) is 1.33. The van der Waals surface area contributed by atoms with Gasteiger partial charge in [0.25, 0.3) is 0 Å². The van der Waals surface area contributed by atoms with Crippen molar-refractivity contribution in [2.45, 2.75) is 6.42 Å². The summed E-state index contributed by atoms with van der Waals surface area (Å²) in [6.07, 6.45) is 0.924. The Morgan fingerprint density at radius 3 is 2.93 bits per heavy atom. The number of rotatable bonds is 6. The minimum atomic E-state index is 0.182. The highest BCUT2D eigenvalue weighted by Crippen LogP contribution is 2.15. The Kier molecular flexibility index (Phi) is 5.52. The largest absolute Gasteiger partial charge is 0.381 e. The van der Waals surface area contributed by atoms with E-state index in [4.69, 9.17) is 4.74 Å². The Balaban J connectivity index is 2.03. The minimum Gasteiger partial charge on any atom is -0.381 e. The van der Waals surface area contributed by atoms with E-state index in [2.05, 4.69) is 4.90 Å². The fourth-order valence-corrected chi connectivity index (χ4v) is 2.40. The summed E-state index contributed by atoms with van der Waals surface area (Å²) in [4.78, 5) is 13.7. The van der Waals surface area contributed by atoms with Crippen molar-refractivity contribution in [1.82, 2.24) is 4.90 Å². The summed E-state index contributed by atoms with van der Waals surface area (Å²) in [7, 11) is 4.10. The first-order valence-electron chi connectivity index (χ1n) is 5.03. The predicted octanol–water partition coefficient (Wildman–Crippen LogP) is 0.887. The van der Waals surface area contributed by atoms with Gasteiger partial charge in [0.2, 0.25) is 0 Å². The van der Waals surface area contributed by atoms with Crippen LogP contribution in [0.25, 0.3) is 0 Å². The van der Waals surface area contributed by atoms with Gasteiger partial charge in [0.15, 0.2) is 0 Å². The van der Waals surface area contributed by atoms with Crippen LogP contribution in [0.1, 0.15) is 6.42 Å². The molecule has 0 saturated carbocycles. The molecule has 0 spiro atoms. The molecule has 1 heterocycles. The molecular weight excluding hydrogens is 198 g/mol. The molecule has 1 aliphatic heterocycles. The zero-order chi connectivity index (χ0) is 10.4. The highest BCUT2D eigenvalue weighted by atomic mass is 32.2. The van der Waals surface area contributed by atoms with Crippen molar-refractivity contribution in [2.24, 2.45) is 5.92 Å². The van der Waals surface area contributed by atoms with Gasteiger partial charge in [-0.2, -0.15) is 11.8 Å². The molecule has 1 atom stereocenters. The first kappa shape index (κ1) is 12.0. The Bertz CT molecular complexity index is 179. The maximum Gasteiger partial charge on any atom is 0.148 e. The molecule has 1 rings (SSSR count). The molecule has 0 aliphatic carbocycles. The van der Waals surface area contributed by atoms with Gasteiger partial charge < -0.3 is 9.64 Å². The number of Topliss-reactive ketones (excluding diaryl/α,β-unsaturated/α-hetero) is 1. The van der Waals surface area contributed by atoms with Gasteiger partial charge >= 0.3 is 0 Å². The zero-order valence-corrected chi connectivity index (χ0v) is 9.81. The molecule has 3 nitrogen and oxygen atoms in total. The highest BCUT2D eigenvalue weighted by molar-refractivity contribution is 7.99. The summed E-state index contributed by atoms with van der Waals surface area (Å²) in [5.74, 6) is 2.24. The first-order valence-corrected chi connectivity index (χ1v) is 6.18. The summed E-state index contributed by atoms with van der Waals surface area (Å²) in [5, 5.41) is 0. The predicted molar refractivity (Wildman–Crippen MR) is 59.8 cm³/mol. The third-order valence-electron chi connectivity index (χ3n) is 2.31. The maximum absolute atomic E-state index is 11.6. The van der Waals surface area contributed by atoms with E-state index in [1.165, 1.54) is 0 Å². The highest BCUT2D eigenvalue weighted by Gasteiger charge is 2.22. The van der Waals surface area contributed by atoms with E-state index in [1.807, 2.05) is 14.1 Å². The molecule has 1 aliphatic rings. The van der Waals surface area contributed by atoms with Crippen molar-refractivity contribution < 1.29 is 9.53 Å². The lowest BCUT2D eigenvalue weighted by Crippen LogP contribution is -2.19. The average Bonchev–Trinajstić information content (AvgIpc) is 2.64. The molecule has 0 N–H and O–H groups in total. The molecule has 0 bridgehead atoms. The third-order valence-corrected chi connectivity index (χ3v) is 3.27. The minimum absolute atomic E-state index is 0.182. The normalized spacial score (nSPS) is 21.8. The van der Waals surface area contributed by atoms with Crippen LogP contribution >= 0.6 is 11.8 Å². The standard InChI is InChI=1S/C10H19NO2S/c1-11(2)4-6-14-8-10(12)9-3-5-13-7-9/h9H,3-8H2,1-2H3. The lowest BCUT2D eigenvalue weighted by atomic mass is 10.1. The van der Waals surface area contributed by atoms with E-state index in [-0.39, 0.29) is 5.92 Å². The second kappa shape index (κ2) is 6.43. The van der Waals surface area contributed by atoms with Crippen LogP contribution < -0.4 is 0 Å². The van der Waals surface area contributed by atoms with E-state index in [9.17, 15) is 4.79 Å². The van der Waals surface area contributed by atoms with Gasteiger partial charge in [0.05, 0.1) is 12.4 Å². The number of carbonyl (C=O) groups is 1. The summed E-state index contributed by atoms with van der Waals surface area (Å²) in [6.45, 7) is 2.45. The molecule has 82 valence electrons. The van der Waals surface area contributed by atoms with Crippen LogP contribution in [0.4, 0.5) is 0 Å². The number of hydrogen-bond acceptors (Lipinski definition) is 4. The molecule has 0 radical (unpaired) electrons. The van der Waals surface area contributed by atoms with Gasteiger partial charge in [0.1, 0.15) is 5.78 Å². The van der Waals surface area contributed by atoms with Crippen LogP contribution in [0.3, 0.4) is 0 Å². The van der Waals surface area contributed by atoms with E-state index in [0.717, 1.165) is 25.3 Å². The topological polar surface area (TPSA) is 29.5 Å².